The van der Waals surface area contributed by atoms with Gasteiger partial charge < -0.3 is 5.11 Å². The van der Waals surface area contributed by atoms with Crippen molar-refractivity contribution in [3.8, 4) is 11.8 Å². The van der Waals surface area contributed by atoms with Gasteiger partial charge in [0.05, 0.1) is 12.0 Å². The first kappa shape index (κ1) is 9.08. The van der Waals surface area contributed by atoms with E-state index in [2.05, 4.69) is 22.0 Å². The second kappa shape index (κ2) is 3.59. The van der Waals surface area contributed by atoms with Gasteiger partial charge in [0.25, 0.3) is 0 Å². The molecule has 1 aromatic rings. The molecule has 0 fully saturated rings. The van der Waals surface area contributed by atoms with Crippen LogP contribution in [0.5, 0.6) is 5.75 Å². The molecule has 0 saturated carbocycles. The Bertz CT molecular complexity index is 310. The molecule has 0 aliphatic heterocycles. The van der Waals surface area contributed by atoms with E-state index in [1.807, 2.05) is 6.07 Å². The van der Waals surface area contributed by atoms with Crippen LogP contribution in [0.3, 0.4) is 0 Å². The first-order chi connectivity index (χ1) is 5.66. The molecule has 2 nitrogen and oxygen atoms in total. The monoisotopic (exact) mass is 225 g/mol. The summed E-state index contributed by atoms with van der Waals surface area (Å²) in [5.41, 5.74) is 0.653. The molecule has 0 spiro atoms. The van der Waals surface area contributed by atoms with Crippen LogP contribution in [0.4, 0.5) is 0 Å². The highest BCUT2D eigenvalue weighted by atomic mass is 79.9. The number of hydrogen-bond donors (Lipinski definition) is 1. The normalized spacial score (nSPS) is 12.1. The molecule has 0 bridgehead atoms. The summed E-state index contributed by atoms with van der Waals surface area (Å²) in [7, 11) is 0. The minimum absolute atomic E-state index is 0.165. The predicted molar refractivity (Wildman–Crippen MR) is 49.8 cm³/mol. The molecule has 1 atom stereocenters. The summed E-state index contributed by atoms with van der Waals surface area (Å²) in [6.45, 7) is 1.75. The summed E-state index contributed by atoms with van der Waals surface area (Å²) in [5, 5.41) is 18.1. The first-order valence-electron chi connectivity index (χ1n) is 3.53. The molecular weight excluding hydrogens is 218 g/mol. The van der Waals surface area contributed by atoms with E-state index in [9.17, 15) is 5.11 Å². The number of phenolic OH excluding ortho intramolecular Hbond substituents is 1. The molecule has 1 rings (SSSR count). The van der Waals surface area contributed by atoms with Crippen molar-refractivity contribution >= 4 is 15.9 Å². The lowest BCUT2D eigenvalue weighted by Crippen LogP contribution is -1.91. The first-order valence-corrected chi connectivity index (χ1v) is 4.33. The van der Waals surface area contributed by atoms with Crippen LogP contribution < -0.4 is 0 Å². The molecule has 3 heteroatoms. The van der Waals surface area contributed by atoms with Crippen molar-refractivity contribution < 1.29 is 5.11 Å². The van der Waals surface area contributed by atoms with Gasteiger partial charge in [0.1, 0.15) is 5.75 Å². The highest BCUT2D eigenvalue weighted by Gasteiger charge is 2.12. The summed E-state index contributed by atoms with van der Waals surface area (Å²) in [6.07, 6.45) is 0. The van der Waals surface area contributed by atoms with Gasteiger partial charge in [-0.25, -0.2) is 0 Å². The molecule has 0 aromatic heterocycles. The van der Waals surface area contributed by atoms with E-state index in [0.717, 1.165) is 4.47 Å². The Kier molecular flexibility index (Phi) is 2.72. The zero-order valence-electron chi connectivity index (χ0n) is 6.58. The number of nitriles is 1. The maximum Gasteiger partial charge on any atom is 0.121 e. The lowest BCUT2D eigenvalue weighted by molar-refractivity contribution is 0.466. The molecule has 0 aliphatic carbocycles. The van der Waals surface area contributed by atoms with E-state index in [1.54, 1.807) is 19.1 Å². The van der Waals surface area contributed by atoms with Crippen LogP contribution in [0.15, 0.2) is 22.7 Å². The Balaban J connectivity index is 3.23. The fourth-order valence-electron chi connectivity index (χ4n) is 1.02. The van der Waals surface area contributed by atoms with Gasteiger partial charge >= 0.3 is 0 Å². The second-order valence-electron chi connectivity index (χ2n) is 2.52. The van der Waals surface area contributed by atoms with Crippen LogP contribution in [0.1, 0.15) is 18.4 Å². The summed E-state index contributed by atoms with van der Waals surface area (Å²) in [4.78, 5) is 0. The van der Waals surface area contributed by atoms with Crippen molar-refractivity contribution in [3.05, 3.63) is 28.2 Å². The Labute approximate surface area is 79.6 Å². The summed E-state index contributed by atoms with van der Waals surface area (Å²) < 4.78 is 0.775. The van der Waals surface area contributed by atoms with E-state index in [4.69, 9.17) is 5.26 Å². The van der Waals surface area contributed by atoms with Crippen molar-refractivity contribution in [1.82, 2.24) is 0 Å². The molecule has 12 heavy (non-hydrogen) atoms. The van der Waals surface area contributed by atoms with E-state index in [1.165, 1.54) is 0 Å². The number of halogens is 1. The van der Waals surface area contributed by atoms with Gasteiger partial charge in [-0.2, -0.15) is 5.26 Å². The molecule has 1 N–H and O–H groups in total. The molecule has 0 saturated heterocycles. The van der Waals surface area contributed by atoms with E-state index >= 15 is 0 Å². The van der Waals surface area contributed by atoms with Gasteiger partial charge in [-0.05, 0) is 19.1 Å². The standard InChI is InChI=1S/C9H8BrNO/c1-6(5-11)9-7(10)3-2-4-8(9)12/h2-4,6,12H,1H3. The van der Waals surface area contributed by atoms with Crippen molar-refractivity contribution in [2.24, 2.45) is 0 Å². The van der Waals surface area contributed by atoms with Crippen LogP contribution in [-0.2, 0) is 0 Å². The van der Waals surface area contributed by atoms with E-state index < -0.39 is 0 Å². The average molecular weight is 226 g/mol. The zero-order valence-corrected chi connectivity index (χ0v) is 8.17. The number of rotatable bonds is 1. The maximum absolute atomic E-state index is 9.41. The van der Waals surface area contributed by atoms with Crippen LogP contribution in [0.25, 0.3) is 0 Å². The van der Waals surface area contributed by atoms with Crippen LogP contribution in [0, 0.1) is 11.3 Å². The lowest BCUT2D eigenvalue weighted by Gasteiger charge is -2.07. The number of hydrogen-bond acceptors (Lipinski definition) is 2. The zero-order chi connectivity index (χ0) is 9.14. The van der Waals surface area contributed by atoms with Gasteiger partial charge in [-0.15, -0.1) is 0 Å². The van der Waals surface area contributed by atoms with Crippen molar-refractivity contribution in [2.45, 2.75) is 12.8 Å². The van der Waals surface area contributed by atoms with Crippen LogP contribution in [0.2, 0.25) is 0 Å². The topological polar surface area (TPSA) is 44.0 Å². The lowest BCUT2D eigenvalue weighted by atomic mass is 10.0. The minimum Gasteiger partial charge on any atom is -0.508 e. The number of nitrogens with zero attached hydrogens (tertiary/aromatic N) is 1. The Morgan fingerprint density at radius 2 is 2.25 bits per heavy atom. The van der Waals surface area contributed by atoms with Gasteiger partial charge in [0.15, 0.2) is 0 Å². The van der Waals surface area contributed by atoms with Crippen LogP contribution >= 0.6 is 15.9 Å². The molecule has 0 aliphatic rings. The van der Waals surface area contributed by atoms with Gasteiger partial charge in [0, 0.05) is 10.0 Å². The SMILES string of the molecule is CC(C#N)c1c(O)cccc1Br. The summed E-state index contributed by atoms with van der Waals surface area (Å²) in [6, 6.07) is 7.19. The molecule has 1 unspecified atom stereocenters. The Hall–Kier alpha value is -1.01. The van der Waals surface area contributed by atoms with E-state index in [-0.39, 0.29) is 11.7 Å². The van der Waals surface area contributed by atoms with Crippen molar-refractivity contribution in [1.29, 1.82) is 5.26 Å². The third-order valence-corrected chi connectivity index (χ3v) is 2.35. The van der Waals surface area contributed by atoms with E-state index in [0.29, 0.717) is 5.56 Å². The minimum atomic E-state index is -0.291. The largest absolute Gasteiger partial charge is 0.508 e. The fourth-order valence-corrected chi connectivity index (χ4v) is 1.72. The number of benzene rings is 1. The highest BCUT2D eigenvalue weighted by molar-refractivity contribution is 9.10. The smallest absolute Gasteiger partial charge is 0.121 e. The maximum atomic E-state index is 9.41. The molecule has 0 amide bonds. The quantitative estimate of drug-likeness (QED) is 0.799. The fraction of sp³-hybridized carbons (Fsp3) is 0.222. The predicted octanol–water partition coefficient (Wildman–Crippen LogP) is 2.78. The molecule has 0 radical (unpaired) electrons. The number of phenols is 1. The van der Waals surface area contributed by atoms with Crippen LogP contribution in [-0.4, -0.2) is 5.11 Å². The third-order valence-electron chi connectivity index (χ3n) is 1.66. The van der Waals surface area contributed by atoms with Gasteiger partial charge in [-0.3, -0.25) is 0 Å². The van der Waals surface area contributed by atoms with Gasteiger partial charge in [-0.1, -0.05) is 22.0 Å². The number of aromatic hydroxyl groups is 1. The average Bonchev–Trinajstić information content (AvgIpc) is 2.03. The Morgan fingerprint density at radius 1 is 1.58 bits per heavy atom. The summed E-state index contributed by atoms with van der Waals surface area (Å²) in [5.74, 6) is -0.126. The molecule has 1 aromatic carbocycles. The Morgan fingerprint density at radius 3 is 2.75 bits per heavy atom. The third kappa shape index (κ3) is 1.59. The van der Waals surface area contributed by atoms with Gasteiger partial charge in [0.2, 0.25) is 0 Å². The second-order valence-corrected chi connectivity index (χ2v) is 3.38. The molecule has 62 valence electrons. The highest BCUT2D eigenvalue weighted by Crippen LogP contribution is 2.31. The molecular formula is C9H8BrNO. The summed E-state index contributed by atoms with van der Waals surface area (Å²) >= 11 is 3.28. The van der Waals surface area contributed by atoms with Crippen molar-refractivity contribution in [2.75, 3.05) is 0 Å². The molecule has 0 heterocycles. The van der Waals surface area contributed by atoms with Crippen molar-refractivity contribution in [3.63, 3.8) is 0 Å².